The molecule has 0 radical (unpaired) electrons. The maximum Gasteiger partial charge on any atom is 0.0632 e. The van der Waals surface area contributed by atoms with E-state index in [-0.39, 0.29) is 0 Å². The molecule has 1 N–H and O–H groups in total. The minimum atomic E-state index is -0.413. The molecule has 1 aliphatic rings. The van der Waals surface area contributed by atoms with Crippen molar-refractivity contribution in [3.8, 4) is 0 Å². The number of aliphatic hydroxyl groups is 1. The Balaban J connectivity index is 2.45. The molecule has 0 aromatic carbocycles. The highest BCUT2D eigenvalue weighted by atomic mass is 16.3. The zero-order chi connectivity index (χ0) is 9.19. The van der Waals surface area contributed by atoms with Crippen molar-refractivity contribution >= 4 is 0 Å². The fraction of sp³-hybridized carbons (Fsp3) is 1.00. The quantitative estimate of drug-likeness (QED) is 0.648. The summed E-state index contributed by atoms with van der Waals surface area (Å²) in [5, 5.41) is 9.83. The number of nitrogens with zero attached hydrogens (tertiary/aromatic N) is 1. The Labute approximate surface area is 75.6 Å². The smallest absolute Gasteiger partial charge is 0.0632 e. The van der Waals surface area contributed by atoms with Crippen LogP contribution in [-0.4, -0.2) is 34.7 Å². The van der Waals surface area contributed by atoms with Crippen LogP contribution in [0.25, 0.3) is 0 Å². The van der Waals surface area contributed by atoms with E-state index in [4.69, 9.17) is 0 Å². The van der Waals surface area contributed by atoms with E-state index in [1.165, 1.54) is 0 Å². The van der Waals surface area contributed by atoms with Gasteiger partial charge in [-0.3, -0.25) is 0 Å². The molecule has 1 rings (SSSR count). The van der Waals surface area contributed by atoms with Crippen LogP contribution in [0.3, 0.4) is 0 Å². The topological polar surface area (TPSA) is 23.5 Å². The first-order valence-corrected chi connectivity index (χ1v) is 4.98. The summed E-state index contributed by atoms with van der Waals surface area (Å²) in [6.07, 6.45) is 3.01. The van der Waals surface area contributed by atoms with E-state index < -0.39 is 5.60 Å². The summed E-state index contributed by atoms with van der Waals surface area (Å²) in [4.78, 5) is 2.45. The van der Waals surface area contributed by atoms with Gasteiger partial charge in [0.1, 0.15) is 0 Å². The van der Waals surface area contributed by atoms with Crippen molar-refractivity contribution in [2.75, 3.05) is 13.1 Å². The summed E-state index contributed by atoms with van der Waals surface area (Å²) >= 11 is 0. The van der Waals surface area contributed by atoms with Crippen molar-refractivity contribution in [3.05, 3.63) is 0 Å². The van der Waals surface area contributed by atoms with E-state index in [0.29, 0.717) is 6.04 Å². The lowest BCUT2D eigenvalue weighted by molar-refractivity contribution is 0.0437. The van der Waals surface area contributed by atoms with Gasteiger partial charge < -0.3 is 10.0 Å². The Morgan fingerprint density at radius 1 is 1.25 bits per heavy atom. The van der Waals surface area contributed by atoms with E-state index >= 15 is 0 Å². The Morgan fingerprint density at radius 3 is 2.50 bits per heavy atom. The molecule has 0 saturated carbocycles. The molecule has 0 amide bonds. The van der Waals surface area contributed by atoms with Crippen LogP contribution in [0.2, 0.25) is 0 Å². The fourth-order valence-electron chi connectivity index (χ4n) is 1.80. The highest BCUT2D eigenvalue weighted by Crippen LogP contribution is 2.22. The van der Waals surface area contributed by atoms with Gasteiger partial charge in [-0.15, -0.1) is 0 Å². The Bertz CT molecular complexity index is 143. The molecule has 1 unspecified atom stereocenters. The van der Waals surface area contributed by atoms with Gasteiger partial charge in [-0.2, -0.15) is 0 Å². The van der Waals surface area contributed by atoms with Gasteiger partial charge >= 0.3 is 0 Å². The molecule has 0 spiro atoms. The van der Waals surface area contributed by atoms with Crippen molar-refractivity contribution in [1.82, 2.24) is 4.90 Å². The first kappa shape index (κ1) is 10.0. The average molecular weight is 171 g/mol. The summed E-state index contributed by atoms with van der Waals surface area (Å²) in [5.41, 5.74) is -0.413. The summed E-state index contributed by atoms with van der Waals surface area (Å²) in [6, 6.07) is 0.624. The number of likely N-dealkylation sites (tertiary alicyclic amines) is 1. The van der Waals surface area contributed by atoms with Crippen LogP contribution < -0.4 is 0 Å². The summed E-state index contributed by atoms with van der Waals surface area (Å²) in [5.74, 6) is 0. The van der Waals surface area contributed by atoms with Gasteiger partial charge in [-0.1, -0.05) is 0 Å². The van der Waals surface area contributed by atoms with E-state index in [9.17, 15) is 5.11 Å². The SMILES string of the molecule is CC(C)N1CCCC(C)(O)CC1. The molecule has 0 aromatic rings. The van der Waals surface area contributed by atoms with E-state index in [2.05, 4.69) is 18.7 Å². The van der Waals surface area contributed by atoms with Crippen molar-refractivity contribution in [2.24, 2.45) is 0 Å². The Kier molecular flexibility index (Phi) is 3.13. The van der Waals surface area contributed by atoms with Gasteiger partial charge in [-0.25, -0.2) is 0 Å². The lowest BCUT2D eigenvalue weighted by Crippen LogP contribution is -2.33. The Hall–Kier alpha value is -0.0800. The highest BCUT2D eigenvalue weighted by Gasteiger charge is 2.25. The second-order valence-corrected chi connectivity index (χ2v) is 4.48. The van der Waals surface area contributed by atoms with E-state index in [1.54, 1.807) is 0 Å². The first-order valence-electron chi connectivity index (χ1n) is 4.98. The van der Waals surface area contributed by atoms with Crippen LogP contribution in [0.4, 0.5) is 0 Å². The number of hydrogen-bond acceptors (Lipinski definition) is 2. The largest absolute Gasteiger partial charge is 0.390 e. The normalized spacial score (nSPS) is 33.8. The monoisotopic (exact) mass is 171 g/mol. The van der Waals surface area contributed by atoms with E-state index in [1.807, 2.05) is 6.92 Å². The second kappa shape index (κ2) is 3.75. The molecule has 1 saturated heterocycles. The maximum atomic E-state index is 9.83. The molecular weight excluding hydrogens is 150 g/mol. The number of rotatable bonds is 1. The zero-order valence-electron chi connectivity index (χ0n) is 8.51. The Morgan fingerprint density at radius 2 is 1.92 bits per heavy atom. The van der Waals surface area contributed by atoms with Crippen LogP contribution in [-0.2, 0) is 0 Å². The summed E-state index contributed by atoms with van der Waals surface area (Å²) < 4.78 is 0. The highest BCUT2D eigenvalue weighted by molar-refractivity contribution is 4.80. The van der Waals surface area contributed by atoms with Crippen LogP contribution >= 0.6 is 0 Å². The standard InChI is InChI=1S/C10H21NO/c1-9(2)11-7-4-5-10(3,12)6-8-11/h9,12H,4-8H2,1-3H3. The van der Waals surface area contributed by atoms with Gasteiger partial charge in [0.25, 0.3) is 0 Å². The van der Waals surface area contributed by atoms with Crippen molar-refractivity contribution in [2.45, 2.75) is 51.7 Å². The minimum Gasteiger partial charge on any atom is -0.390 e. The third-order valence-electron chi connectivity index (χ3n) is 2.83. The van der Waals surface area contributed by atoms with Gasteiger partial charge in [0.2, 0.25) is 0 Å². The molecule has 1 heterocycles. The lowest BCUT2D eigenvalue weighted by atomic mass is 9.98. The third kappa shape index (κ3) is 2.76. The molecule has 0 bridgehead atoms. The van der Waals surface area contributed by atoms with Crippen molar-refractivity contribution in [3.63, 3.8) is 0 Å². The molecule has 1 atom stereocenters. The molecule has 1 fully saturated rings. The molecular formula is C10H21NO. The summed E-state index contributed by atoms with van der Waals surface area (Å²) in [7, 11) is 0. The van der Waals surface area contributed by atoms with E-state index in [0.717, 1.165) is 32.4 Å². The zero-order valence-corrected chi connectivity index (χ0v) is 8.51. The minimum absolute atomic E-state index is 0.413. The number of hydrogen-bond donors (Lipinski definition) is 1. The molecule has 12 heavy (non-hydrogen) atoms. The fourth-order valence-corrected chi connectivity index (χ4v) is 1.80. The molecule has 0 aliphatic carbocycles. The molecule has 72 valence electrons. The second-order valence-electron chi connectivity index (χ2n) is 4.48. The van der Waals surface area contributed by atoms with Crippen molar-refractivity contribution < 1.29 is 5.11 Å². The van der Waals surface area contributed by atoms with Gasteiger partial charge in [-0.05, 0) is 46.6 Å². The van der Waals surface area contributed by atoms with Crippen LogP contribution in [0.5, 0.6) is 0 Å². The van der Waals surface area contributed by atoms with Gasteiger partial charge in [0.15, 0.2) is 0 Å². The van der Waals surface area contributed by atoms with Crippen LogP contribution in [0.15, 0.2) is 0 Å². The molecule has 0 aromatic heterocycles. The van der Waals surface area contributed by atoms with Gasteiger partial charge in [0.05, 0.1) is 5.60 Å². The average Bonchev–Trinajstić information content (AvgIpc) is 2.10. The molecule has 2 heteroatoms. The lowest BCUT2D eigenvalue weighted by Gasteiger charge is -2.25. The molecule has 2 nitrogen and oxygen atoms in total. The third-order valence-corrected chi connectivity index (χ3v) is 2.83. The predicted octanol–water partition coefficient (Wildman–Crippen LogP) is 1.63. The maximum absolute atomic E-state index is 9.83. The summed E-state index contributed by atoms with van der Waals surface area (Å²) in [6.45, 7) is 8.59. The van der Waals surface area contributed by atoms with Crippen LogP contribution in [0, 0.1) is 0 Å². The molecule has 1 aliphatic heterocycles. The van der Waals surface area contributed by atoms with Crippen molar-refractivity contribution in [1.29, 1.82) is 0 Å². The first-order chi connectivity index (χ1) is 5.51. The van der Waals surface area contributed by atoms with Crippen LogP contribution in [0.1, 0.15) is 40.0 Å². The van der Waals surface area contributed by atoms with Gasteiger partial charge in [0, 0.05) is 12.6 Å². The predicted molar refractivity (Wildman–Crippen MR) is 51.2 cm³/mol.